The molecule has 1 rings (SSSR count). The van der Waals surface area contributed by atoms with Crippen molar-refractivity contribution in [3.63, 3.8) is 0 Å². The molecular weight excluding hydrogens is 242 g/mol. The van der Waals surface area contributed by atoms with Crippen LogP contribution >= 0.6 is 0 Å². The molecule has 1 amide bonds. The molecule has 0 saturated carbocycles. The van der Waals surface area contributed by atoms with E-state index in [9.17, 15) is 9.59 Å². The van der Waals surface area contributed by atoms with Crippen molar-refractivity contribution in [3.05, 3.63) is 34.4 Å². The summed E-state index contributed by atoms with van der Waals surface area (Å²) in [6.45, 7) is 7.54. The highest BCUT2D eigenvalue weighted by atomic mass is 16.5. The van der Waals surface area contributed by atoms with Crippen molar-refractivity contribution in [2.45, 2.75) is 40.2 Å². The van der Waals surface area contributed by atoms with Gasteiger partial charge in [-0.25, -0.2) is 4.79 Å². The molecular formula is C15H21NO3. The van der Waals surface area contributed by atoms with Gasteiger partial charge in [0.15, 0.2) is 0 Å². The Balaban J connectivity index is 2.96. The lowest BCUT2D eigenvalue weighted by Gasteiger charge is -2.17. The Morgan fingerprint density at radius 3 is 2.16 bits per heavy atom. The Bertz CT molecular complexity index is 471. The number of hydrogen-bond acceptors (Lipinski definition) is 3. The number of esters is 1. The average Bonchev–Trinajstić information content (AvgIpc) is 2.33. The fourth-order valence-corrected chi connectivity index (χ4v) is 2.06. The minimum Gasteiger partial charge on any atom is -0.467 e. The summed E-state index contributed by atoms with van der Waals surface area (Å²) in [5.74, 6) is -0.665. The van der Waals surface area contributed by atoms with Crippen LogP contribution in [0.5, 0.6) is 0 Å². The molecule has 1 atom stereocenters. The zero-order valence-corrected chi connectivity index (χ0v) is 12.2. The quantitative estimate of drug-likeness (QED) is 0.843. The highest BCUT2D eigenvalue weighted by Crippen LogP contribution is 2.17. The summed E-state index contributed by atoms with van der Waals surface area (Å²) < 4.78 is 4.72. The van der Waals surface area contributed by atoms with E-state index >= 15 is 0 Å². The summed E-state index contributed by atoms with van der Waals surface area (Å²) in [6, 6.07) is 3.45. The van der Waals surface area contributed by atoms with Crippen molar-refractivity contribution in [1.82, 2.24) is 5.32 Å². The highest BCUT2D eigenvalue weighted by Gasteiger charge is 2.20. The van der Waals surface area contributed by atoms with E-state index < -0.39 is 12.0 Å². The number of nitrogens with one attached hydrogen (secondary N) is 1. The van der Waals surface area contributed by atoms with Crippen LogP contribution in [0.25, 0.3) is 0 Å². The molecule has 19 heavy (non-hydrogen) atoms. The number of carbonyl (C=O) groups is 2. The van der Waals surface area contributed by atoms with Gasteiger partial charge in [-0.05, 0) is 43.0 Å². The molecule has 0 aliphatic carbocycles. The van der Waals surface area contributed by atoms with Gasteiger partial charge in [-0.3, -0.25) is 4.79 Å². The van der Waals surface area contributed by atoms with Gasteiger partial charge in [0, 0.05) is 13.3 Å². The first-order valence-corrected chi connectivity index (χ1v) is 6.26. The van der Waals surface area contributed by atoms with E-state index in [1.165, 1.54) is 30.7 Å². The van der Waals surface area contributed by atoms with Gasteiger partial charge in [-0.1, -0.05) is 12.1 Å². The first-order valence-electron chi connectivity index (χ1n) is 6.26. The van der Waals surface area contributed by atoms with Crippen LogP contribution in [-0.2, 0) is 20.7 Å². The number of benzene rings is 1. The second-order valence-electron chi connectivity index (χ2n) is 4.84. The number of methoxy groups -OCH3 is 1. The topological polar surface area (TPSA) is 55.4 Å². The molecule has 0 aliphatic heterocycles. The van der Waals surface area contributed by atoms with E-state index in [4.69, 9.17) is 4.74 Å². The first-order chi connectivity index (χ1) is 8.85. The Labute approximate surface area is 114 Å². The molecule has 1 aromatic carbocycles. The van der Waals surface area contributed by atoms with Gasteiger partial charge in [0.1, 0.15) is 6.04 Å². The van der Waals surface area contributed by atoms with Crippen molar-refractivity contribution in [2.75, 3.05) is 7.11 Å². The summed E-state index contributed by atoms with van der Waals surface area (Å²) >= 11 is 0. The maximum absolute atomic E-state index is 11.7. The third-order valence-corrected chi connectivity index (χ3v) is 3.29. The van der Waals surface area contributed by atoms with Crippen LogP contribution in [0.2, 0.25) is 0 Å². The second kappa shape index (κ2) is 6.36. The molecule has 0 radical (unpaired) electrons. The Kier molecular flexibility index (Phi) is 5.10. The van der Waals surface area contributed by atoms with E-state index in [2.05, 4.69) is 12.2 Å². The number of amides is 1. The van der Waals surface area contributed by atoms with Crippen LogP contribution in [0.3, 0.4) is 0 Å². The van der Waals surface area contributed by atoms with Gasteiger partial charge >= 0.3 is 5.97 Å². The van der Waals surface area contributed by atoms with Crippen LogP contribution in [0.1, 0.15) is 29.2 Å². The molecule has 0 aliphatic rings. The number of hydrogen-bond donors (Lipinski definition) is 1. The third-order valence-electron chi connectivity index (χ3n) is 3.29. The monoisotopic (exact) mass is 263 g/mol. The van der Waals surface area contributed by atoms with Crippen molar-refractivity contribution in [3.8, 4) is 0 Å². The summed E-state index contributed by atoms with van der Waals surface area (Å²) in [4.78, 5) is 22.8. The van der Waals surface area contributed by atoms with E-state index in [1.807, 2.05) is 26.0 Å². The molecule has 1 N–H and O–H groups in total. The number of aryl methyl sites for hydroxylation is 2. The van der Waals surface area contributed by atoms with Crippen molar-refractivity contribution >= 4 is 11.9 Å². The minimum absolute atomic E-state index is 0.240. The SMILES string of the molecule is COC(=O)C(Cc1cc(C)c(C)c(C)c1)NC(C)=O. The Hall–Kier alpha value is -1.84. The summed E-state index contributed by atoms with van der Waals surface area (Å²) in [5.41, 5.74) is 4.63. The summed E-state index contributed by atoms with van der Waals surface area (Å²) in [5, 5.41) is 2.62. The molecule has 0 spiro atoms. The second-order valence-corrected chi connectivity index (χ2v) is 4.84. The normalized spacial score (nSPS) is 11.8. The largest absolute Gasteiger partial charge is 0.467 e. The lowest BCUT2D eigenvalue weighted by Crippen LogP contribution is -2.42. The van der Waals surface area contributed by atoms with Crippen LogP contribution in [0, 0.1) is 20.8 Å². The minimum atomic E-state index is -0.635. The van der Waals surface area contributed by atoms with Gasteiger partial charge in [0.2, 0.25) is 5.91 Å². The van der Waals surface area contributed by atoms with Crippen molar-refractivity contribution < 1.29 is 14.3 Å². The predicted molar refractivity (Wildman–Crippen MR) is 74.0 cm³/mol. The summed E-state index contributed by atoms with van der Waals surface area (Å²) in [7, 11) is 1.32. The fraction of sp³-hybridized carbons (Fsp3) is 0.467. The smallest absolute Gasteiger partial charge is 0.328 e. The fourth-order valence-electron chi connectivity index (χ4n) is 2.06. The Morgan fingerprint density at radius 1 is 1.21 bits per heavy atom. The number of carbonyl (C=O) groups excluding carboxylic acids is 2. The molecule has 0 aromatic heterocycles. The van der Waals surface area contributed by atoms with Crippen molar-refractivity contribution in [1.29, 1.82) is 0 Å². The third kappa shape index (κ3) is 4.09. The molecule has 0 bridgehead atoms. The van der Waals surface area contributed by atoms with Gasteiger partial charge in [-0.15, -0.1) is 0 Å². The van der Waals surface area contributed by atoms with Gasteiger partial charge in [0.05, 0.1) is 7.11 Å². The average molecular weight is 263 g/mol. The van der Waals surface area contributed by atoms with E-state index in [1.54, 1.807) is 0 Å². The highest BCUT2D eigenvalue weighted by molar-refractivity contribution is 5.83. The Morgan fingerprint density at radius 2 is 1.74 bits per heavy atom. The molecule has 0 saturated heterocycles. The van der Waals surface area contributed by atoms with Crippen LogP contribution < -0.4 is 5.32 Å². The standard InChI is InChI=1S/C15H21NO3/c1-9-6-13(7-10(2)11(9)3)8-14(15(18)19-5)16-12(4)17/h6-7,14H,8H2,1-5H3,(H,16,17). The van der Waals surface area contributed by atoms with E-state index in [0.29, 0.717) is 6.42 Å². The van der Waals surface area contributed by atoms with E-state index in [0.717, 1.165) is 5.56 Å². The lowest BCUT2D eigenvalue weighted by molar-refractivity contribution is -0.144. The van der Waals surface area contributed by atoms with Crippen molar-refractivity contribution in [2.24, 2.45) is 0 Å². The molecule has 1 unspecified atom stereocenters. The maximum atomic E-state index is 11.7. The molecule has 4 nitrogen and oxygen atoms in total. The molecule has 0 heterocycles. The maximum Gasteiger partial charge on any atom is 0.328 e. The first kappa shape index (κ1) is 15.2. The van der Waals surface area contributed by atoms with E-state index in [-0.39, 0.29) is 5.91 Å². The van der Waals surface area contributed by atoms with Gasteiger partial charge in [-0.2, -0.15) is 0 Å². The lowest BCUT2D eigenvalue weighted by atomic mass is 9.97. The van der Waals surface area contributed by atoms with Gasteiger partial charge < -0.3 is 10.1 Å². The molecule has 4 heteroatoms. The van der Waals surface area contributed by atoms with Gasteiger partial charge in [0.25, 0.3) is 0 Å². The van der Waals surface area contributed by atoms with Crippen LogP contribution in [-0.4, -0.2) is 25.0 Å². The van der Waals surface area contributed by atoms with Crippen LogP contribution in [0.4, 0.5) is 0 Å². The number of rotatable bonds is 4. The molecule has 1 aromatic rings. The zero-order chi connectivity index (χ0) is 14.6. The molecule has 104 valence electrons. The zero-order valence-electron chi connectivity index (χ0n) is 12.2. The molecule has 0 fully saturated rings. The number of ether oxygens (including phenoxy) is 1. The predicted octanol–water partition coefficient (Wildman–Crippen LogP) is 1.83. The summed E-state index contributed by atoms with van der Waals surface area (Å²) in [6.07, 6.45) is 0.439. The van der Waals surface area contributed by atoms with Crippen LogP contribution in [0.15, 0.2) is 12.1 Å².